The summed E-state index contributed by atoms with van der Waals surface area (Å²) in [7, 11) is 1.61. The number of ether oxygens (including phenoxy) is 1. The SMILES string of the molecule is CCC(F)(F)c1cccc(-c2ccc3c(c2)C(=O)NC3c2ccc(OC)cc2)c1. The molecule has 3 nitrogen and oxygen atoms in total. The maximum Gasteiger partial charge on any atom is 0.273 e. The van der Waals surface area contributed by atoms with Crippen molar-refractivity contribution in [2.24, 2.45) is 0 Å². The Bertz CT molecular complexity index is 1060. The summed E-state index contributed by atoms with van der Waals surface area (Å²) in [6, 6.07) is 19.2. The van der Waals surface area contributed by atoms with Crippen molar-refractivity contribution in [3.05, 3.63) is 89.0 Å². The van der Waals surface area contributed by atoms with Crippen LogP contribution in [0.2, 0.25) is 0 Å². The highest BCUT2D eigenvalue weighted by Gasteiger charge is 2.31. The zero-order valence-corrected chi connectivity index (χ0v) is 16.2. The molecule has 0 aromatic heterocycles. The van der Waals surface area contributed by atoms with Crippen LogP contribution in [0.4, 0.5) is 8.78 Å². The Morgan fingerprint density at radius 1 is 1.00 bits per heavy atom. The molecule has 1 heterocycles. The van der Waals surface area contributed by atoms with E-state index in [1.54, 1.807) is 25.3 Å². The van der Waals surface area contributed by atoms with Gasteiger partial charge in [0.1, 0.15) is 5.75 Å². The van der Waals surface area contributed by atoms with Crippen molar-refractivity contribution in [1.29, 1.82) is 0 Å². The molecule has 1 aliphatic heterocycles. The largest absolute Gasteiger partial charge is 0.497 e. The monoisotopic (exact) mass is 393 g/mol. The molecule has 0 fully saturated rings. The Morgan fingerprint density at radius 3 is 2.41 bits per heavy atom. The fraction of sp³-hybridized carbons (Fsp3) is 0.208. The Kier molecular flexibility index (Phi) is 4.82. The molecule has 1 amide bonds. The summed E-state index contributed by atoms with van der Waals surface area (Å²) < 4.78 is 33.4. The van der Waals surface area contributed by atoms with E-state index < -0.39 is 5.92 Å². The first kappa shape index (κ1) is 19.1. The van der Waals surface area contributed by atoms with E-state index in [2.05, 4.69) is 5.32 Å². The molecule has 4 rings (SSSR count). The number of nitrogens with one attached hydrogen (secondary N) is 1. The summed E-state index contributed by atoms with van der Waals surface area (Å²) in [4.78, 5) is 12.6. The Labute approximate surface area is 168 Å². The predicted octanol–water partition coefficient (Wildman–Crippen LogP) is 5.70. The molecule has 0 spiro atoms. The van der Waals surface area contributed by atoms with E-state index in [9.17, 15) is 13.6 Å². The van der Waals surface area contributed by atoms with Crippen molar-refractivity contribution in [2.75, 3.05) is 7.11 Å². The fourth-order valence-corrected chi connectivity index (χ4v) is 3.66. The molecule has 1 unspecified atom stereocenters. The summed E-state index contributed by atoms with van der Waals surface area (Å²) in [5.41, 5.74) is 3.78. The number of hydrogen-bond acceptors (Lipinski definition) is 2. The van der Waals surface area contributed by atoms with Crippen LogP contribution < -0.4 is 10.1 Å². The van der Waals surface area contributed by atoms with E-state index in [0.717, 1.165) is 22.4 Å². The molecule has 1 atom stereocenters. The van der Waals surface area contributed by atoms with Crippen LogP contribution in [0.25, 0.3) is 11.1 Å². The number of rotatable bonds is 5. The third kappa shape index (κ3) is 3.48. The highest BCUT2D eigenvalue weighted by molar-refractivity contribution is 6.01. The molecule has 0 saturated carbocycles. The summed E-state index contributed by atoms with van der Waals surface area (Å²) >= 11 is 0. The lowest BCUT2D eigenvalue weighted by Crippen LogP contribution is -2.19. The fourth-order valence-electron chi connectivity index (χ4n) is 3.66. The zero-order valence-electron chi connectivity index (χ0n) is 16.2. The topological polar surface area (TPSA) is 38.3 Å². The molecular formula is C24H21F2NO2. The van der Waals surface area contributed by atoms with Gasteiger partial charge in [-0.2, -0.15) is 0 Å². The van der Waals surface area contributed by atoms with Crippen LogP contribution in [0.15, 0.2) is 66.7 Å². The average Bonchev–Trinajstić information content (AvgIpc) is 3.10. The second-order valence-corrected chi connectivity index (χ2v) is 7.12. The molecule has 1 aliphatic rings. The van der Waals surface area contributed by atoms with Gasteiger partial charge in [-0.1, -0.05) is 49.4 Å². The maximum atomic E-state index is 14.1. The highest BCUT2D eigenvalue weighted by atomic mass is 19.3. The predicted molar refractivity (Wildman–Crippen MR) is 108 cm³/mol. The Hall–Kier alpha value is -3.21. The molecule has 1 N–H and O–H groups in total. The lowest BCUT2D eigenvalue weighted by molar-refractivity contribution is -0.00824. The van der Waals surface area contributed by atoms with E-state index in [4.69, 9.17) is 4.74 Å². The van der Waals surface area contributed by atoms with Crippen molar-refractivity contribution in [1.82, 2.24) is 5.32 Å². The quantitative estimate of drug-likeness (QED) is 0.604. The van der Waals surface area contributed by atoms with Crippen LogP contribution in [0.5, 0.6) is 5.75 Å². The van der Waals surface area contributed by atoms with E-state index in [1.807, 2.05) is 36.4 Å². The third-order valence-corrected chi connectivity index (χ3v) is 5.40. The first-order valence-corrected chi connectivity index (χ1v) is 9.50. The summed E-state index contributed by atoms with van der Waals surface area (Å²) in [5.74, 6) is -2.29. The molecule has 3 aromatic carbocycles. The summed E-state index contributed by atoms with van der Waals surface area (Å²) in [6.07, 6.45) is -0.257. The zero-order chi connectivity index (χ0) is 20.6. The van der Waals surface area contributed by atoms with Crippen LogP contribution in [-0.2, 0) is 5.92 Å². The second-order valence-electron chi connectivity index (χ2n) is 7.12. The second kappa shape index (κ2) is 7.32. The van der Waals surface area contributed by atoms with Gasteiger partial charge < -0.3 is 10.1 Å². The van der Waals surface area contributed by atoms with Gasteiger partial charge in [0.05, 0.1) is 13.2 Å². The number of benzene rings is 3. The first-order valence-electron chi connectivity index (χ1n) is 9.50. The molecule has 0 saturated heterocycles. The number of fused-ring (bicyclic) bond motifs is 1. The van der Waals surface area contributed by atoms with Gasteiger partial charge in [-0.15, -0.1) is 0 Å². The standard InChI is InChI=1S/C24H21F2NO2/c1-3-24(25,26)18-6-4-5-16(13-18)17-9-12-20-21(14-17)23(28)27-22(20)15-7-10-19(29-2)11-8-15/h4-14,22H,3H2,1-2H3,(H,27,28). The van der Waals surface area contributed by atoms with E-state index >= 15 is 0 Å². The normalized spacial score (nSPS) is 15.7. The average molecular weight is 393 g/mol. The van der Waals surface area contributed by atoms with Gasteiger partial charge in [0, 0.05) is 17.5 Å². The Morgan fingerprint density at radius 2 is 1.72 bits per heavy atom. The smallest absolute Gasteiger partial charge is 0.273 e. The minimum atomic E-state index is -2.87. The number of carbonyl (C=O) groups excluding carboxylic acids is 1. The molecule has 0 aliphatic carbocycles. The summed E-state index contributed by atoms with van der Waals surface area (Å²) in [5, 5.41) is 3.00. The van der Waals surface area contributed by atoms with Crippen molar-refractivity contribution in [3.8, 4) is 16.9 Å². The highest BCUT2D eigenvalue weighted by Crippen LogP contribution is 2.37. The Balaban J connectivity index is 1.70. The van der Waals surface area contributed by atoms with Crippen molar-refractivity contribution in [3.63, 3.8) is 0 Å². The minimum Gasteiger partial charge on any atom is -0.497 e. The van der Waals surface area contributed by atoms with E-state index in [1.165, 1.54) is 19.1 Å². The maximum absolute atomic E-state index is 14.1. The minimum absolute atomic E-state index is 0.0152. The third-order valence-electron chi connectivity index (χ3n) is 5.40. The van der Waals surface area contributed by atoms with Crippen molar-refractivity contribution in [2.45, 2.75) is 25.3 Å². The summed E-state index contributed by atoms with van der Waals surface area (Å²) in [6.45, 7) is 1.46. The van der Waals surface area contributed by atoms with Gasteiger partial charge >= 0.3 is 0 Å². The molecule has 0 radical (unpaired) electrons. The number of methoxy groups -OCH3 is 1. The lowest BCUT2D eigenvalue weighted by Gasteiger charge is -2.16. The van der Waals surface area contributed by atoms with Gasteiger partial charge in [-0.25, -0.2) is 8.78 Å². The number of hydrogen-bond donors (Lipinski definition) is 1. The molecule has 0 bridgehead atoms. The number of halogens is 2. The molecule has 5 heteroatoms. The number of carbonyl (C=O) groups is 1. The van der Waals surface area contributed by atoms with Gasteiger partial charge in [0.25, 0.3) is 11.8 Å². The van der Waals surface area contributed by atoms with Gasteiger partial charge in [0.15, 0.2) is 0 Å². The molecule has 29 heavy (non-hydrogen) atoms. The van der Waals surface area contributed by atoms with Crippen LogP contribution in [0.1, 0.15) is 46.4 Å². The van der Waals surface area contributed by atoms with E-state index in [-0.39, 0.29) is 23.9 Å². The van der Waals surface area contributed by atoms with Crippen molar-refractivity contribution >= 4 is 5.91 Å². The van der Waals surface area contributed by atoms with Crippen LogP contribution in [0.3, 0.4) is 0 Å². The van der Waals surface area contributed by atoms with E-state index in [0.29, 0.717) is 11.1 Å². The number of amides is 1. The lowest BCUT2D eigenvalue weighted by atomic mass is 9.93. The van der Waals surface area contributed by atoms with Gasteiger partial charge in [-0.3, -0.25) is 4.79 Å². The van der Waals surface area contributed by atoms with Crippen LogP contribution >= 0.6 is 0 Å². The van der Waals surface area contributed by atoms with Crippen LogP contribution in [-0.4, -0.2) is 13.0 Å². The molecular weight excluding hydrogens is 372 g/mol. The van der Waals surface area contributed by atoms with Gasteiger partial charge in [0.2, 0.25) is 0 Å². The van der Waals surface area contributed by atoms with Crippen molar-refractivity contribution < 1.29 is 18.3 Å². The first-order chi connectivity index (χ1) is 13.9. The van der Waals surface area contributed by atoms with Crippen LogP contribution in [0, 0.1) is 0 Å². The number of alkyl halides is 2. The molecule has 148 valence electrons. The van der Waals surface area contributed by atoms with Gasteiger partial charge in [-0.05, 0) is 46.5 Å². The molecule has 3 aromatic rings.